The highest BCUT2D eigenvalue weighted by molar-refractivity contribution is 5.02. The molecule has 3 fully saturated rings. The fourth-order valence-corrected chi connectivity index (χ4v) is 3.50. The Bertz CT molecular complexity index is 210. The summed E-state index contributed by atoms with van der Waals surface area (Å²) in [5.74, 6) is 1.35. The van der Waals surface area contributed by atoms with Crippen LogP contribution in [0.1, 0.15) is 19.3 Å². The van der Waals surface area contributed by atoms with Gasteiger partial charge in [-0.05, 0) is 24.7 Å². The normalized spacial score (nSPS) is 46.4. The van der Waals surface area contributed by atoms with Gasteiger partial charge < -0.3 is 14.6 Å². The topological polar surface area (TPSA) is 38.7 Å². The second-order valence-corrected chi connectivity index (χ2v) is 4.60. The van der Waals surface area contributed by atoms with Crippen molar-refractivity contribution >= 4 is 0 Å². The zero-order chi connectivity index (χ0) is 8.89. The second-order valence-electron chi connectivity index (χ2n) is 4.60. The second kappa shape index (κ2) is 2.69. The van der Waals surface area contributed by atoms with Gasteiger partial charge in [0.2, 0.25) is 0 Å². The van der Waals surface area contributed by atoms with Crippen molar-refractivity contribution < 1.29 is 14.6 Å². The molecule has 1 spiro atoms. The fourth-order valence-electron chi connectivity index (χ4n) is 3.50. The zero-order valence-electron chi connectivity index (χ0n) is 7.74. The molecule has 3 heteroatoms. The van der Waals surface area contributed by atoms with E-state index in [-0.39, 0.29) is 5.79 Å². The highest BCUT2D eigenvalue weighted by Crippen LogP contribution is 2.56. The van der Waals surface area contributed by atoms with Crippen LogP contribution in [0, 0.1) is 17.8 Å². The largest absolute Gasteiger partial charge is 0.396 e. The first-order valence-corrected chi connectivity index (χ1v) is 5.23. The Balaban J connectivity index is 1.84. The van der Waals surface area contributed by atoms with E-state index < -0.39 is 0 Å². The molecule has 0 aromatic heterocycles. The van der Waals surface area contributed by atoms with Gasteiger partial charge in [0.15, 0.2) is 5.79 Å². The molecule has 0 radical (unpaired) electrons. The summed E-state index contributed by atoms with van der Waals surface area (Å²) in [6, 6.07) is 0. The van der Waals surface area contributed by atoms with Crippen LogP contribution >= 0.6 is 0 Å². The summed E-state index contributed by atoms with van der Waals surface area (Å²) in [7, 11) is 0. The first-order chi connectivity index (χ1) is 6.34. The third-order valence-corrected chi connectivity index (χ3v) is 3.94. The van der Waals surface area contributed by atoms with Gasteiger partial charge in [-0.3, -0.25) is 0 Å². The Morgan fingerprint density at radius 1 is 1.23 bits per heavy atom. The van der Waals surface area contributed by atoms with Gasteiger partial charge in [0, 0.05) is 18.9 Å². The molecular formula is C10H16O3. The van der Waals surface area contributed by atoms with E-state index in [1.807, 2.05) is 0 Å². The lowest BCUT2D eigenvalue weighted by atomic mass is 9.84. The van der Waals surface area contributed by atoms with Crippen LogP contribution in [-0.4, -0.2) is 30.7 Å². The molecule has 3 rings (SSSR count). The Hall–Kier alpha value is -0.120. The van der Waals surface area contributed by atoms with Crippen LogP contribution in [0.4, 0.5) is 0 Å². The van der Waals surface area contributed by atoms with Crippen molar-refractivity contribution in [3.05, 3.63) is 0 Å². The van der Waals surface area contributed by atoms with Crippen LogP contribution < -0.4 is 0 Å². The molecule has 2 aliphatic carbocycles. The maximum Gasteiger partial charge on any atom is 0.171 e. The van der Waals surface area contributed by atoms with Crippen LogP contribution in [0.25, 0.3) is 0 Å². The summed E-state index contributed by atoms with van der Waals surface area (Å²) in [5, 5.41) is 9.22. The highest BCUT2D eigenvalue weighted by atomic mass is 16.7. The molecular weight excluding hydrogens is 168 g/mol. The van der Waals surface area contributed by atoms with Crippen molar-refractivity contribution in [1.29, 1.82) is 0 Å². The molecule has 0 aromatic carbocycles. The third-order valence-electron chi connectivity index (χ3n) is 3.94. The summed E-state index contributed by atoms with van der Waals surface area (Å²) in [6.45, 7) is 1.78. The molecule has 3 nitrogen and oxygen atoms in total. The number of ether oxygens (including phenoxy) is 2. The first-order valence-electron chi connectivity index (χ1n) is 5.23. The van der Waals surface area contributed by atoms with Gasteiger partial charge in [-0.2, -0.15) is 0 Å². The van der Waals surface area contributed by atoms with Crippen LogP contribution in [0.2, 0.25) is 0 Å². The summed E-state index contributed by atoms with van der Waals surface area (Å²) >= 11 is 0. The maximum absolute atomic E-state index is 9.22. The zero-order valence-corrected chi connectivity index (χ0v) is 7.74. The van der Waals surface area contributed by atoms with E-state index >= 15 is 0 Å². The quantitative estimate of drug-likeness (QED) is 0.654. The molecule has 0 amide bonds. The number of fused-ring (bicyclic) bond motifs is 3. The lowest BCUT2D eigenvalue weighted by Gasteiger charge is -2.35. The molecule has 0 unspecified atom stereocenters. The van der Waals surface area contributed by atoms with Crippen molar-refractivity contribution in [2.24, 2.45) is 17.8 Å². The van der Waals surface area contributed by atoms with E-state index in [1.54, 1.807) is 0 Å². The predicted octanol–water partition coefficient (Wildman–Crippen LogP) is 0.768. The Kier molecular flexibility index (Phi) is 1.70. The van der Waals surface area contributed by atoms with E-state index in [2.05, 4.69) is 0 Å². The Labute approximate surface area is 78.0 Å². The van der Waals surface area contributed by atoms with Crippen LogP contribution in [0.5, 0.6) is 0 Å². The van der Waals surface area contributed by atoms with Gasteiger partial charge in [0.1, 0.15) is 0 Å². The van der Waals surface area contributed by atoms with Crippen LogP contribution in [0.3, 0.4) is 0 Å². The molecule has 3 aliphatic rings. The Morgan fingerprint density at radius 3 is 2.62 bits per heavy atom. The Morgan fingerprint density at radius 2 is 2.00 bits per heavy atom. The number of aliphatic hydroxyl groups excluding tert-OH is 1. The average Bonchev–Trinajstić information content (AvgIpc) is 2.80. The van der Waals surface area contributed by atoms with Gasteiger partial charge in [0.05, 0.1) is 13.2 Å². The molecule has 1 heterocycles. The van der Waals surface area contributed by atoms with Gasteiger partial charge >= 0.3 is 0 Å². The summed E-state index contributed by atoms with van der Waals surface area (Å²) in [6.07, 6.45) is 3.44. The van der Waals surface area contributed by atoms with Gasteiger partial charge in [-0.25, -0.2) is 0 Å². The summed E-state index contributed by atoms with van der Waals surface area (Å²) < 4.78 is 11.5. The van der Waals surface area contributed by atoms with Gasteiger partial charge in [0.25, 0.3) is 0 Å². The number of rotatable bonds is 1. The fraction of sp³-hybridized carbons (Fsp3) is 1.00. The van der Waals surface area contributed by atoms with Crippen molar-refractivity contribution in [1.82, 2.24) is 0 Å². The standard InChI is InChI=1S/C10H16O3/c11-6-8-3-7-4-9(8)10(5-7)12-1-2-13-10/h7-9,11H,1-6H2/t7-,8+,9-/m0/s1. The molecule has 0 aromatic rings. The van der Waals surface area contributed by atoms with Crippen molar-refractivity contribution in [3.63, 3.8) is 0 Å². The molecule has 2 saturated carbocycles. The minimum atomic E-state index is -0.281. The molecule has 13 heavy (non-hydrogen) atoms. The van der Waals surface area contributed by atoms with Crippen LogP contribution in [0.15, 0.2) is 0 Å². The van der Waals surface area contributed by atoms with Crippen LogP contribution in [-0.2, 0) is 9.47 Å². The highest BCUT2D eigenvalue weighted by Gasteiger charge is 2.58. The molecule has 74 valence electrons. The monoisotopic (exact) mass is 184 g/mol. The third kappa shape index (κ3) is 1.01. The van der Waals surface area contributed by atoms with Crippen molar-refractivity contribution in [3.8, 4) is 0 Å². The maximum atomic E-state index is 9.22. The molecule has 1 N–H and O–H groups in total. The molecule has 3 atom stereocenters. The SMILES string of the molecule is OC[C@H]1C[C@H]2C[C@@H]1C1(C2)OCCO1. The van der Waals surface area contributed by atoms with E-state index in [0.29, 0.717) is 18.4 Å². The lowest BCUT2D eigenvalue weighted by molar-refractivity contribution is -0.204. The number of aliphatic hydroxyl groups is 1. The van der Waals surface area contributed by atoms with E-state index in [0.717, 1.165) is 25.6 Å². The predicted molar refractivity (Wildman–Crippen MR) is 46.0 cm³/mol. The van der Waals surface area contributed by atoms with E-state index in [1.165, 1.54) is 12.8 Å². The number of hydrogen-bond acceptors (Lipinski definition) is 3. The minimum Gasteiger partial charge on any atom is -0.396 e. The smallest absolute Gasteiger partial charge is 0.171 e. The van der Waals surface area contributed by atoms with E-state index in [4.69, 9.17) is 9.47 Å². The number of hydrogen-bond donors (Lipinski definition) is 1. The van der Waals surface area contributed by atoms with Crippen molar-refractivity contribution in [2.45, 2.75) is 25.0 Å². The summed E-state index contributed by atoms with van der Waals surface area (Å²) in [5.41, 5.74) is 0. The molecule has 2 bridgehead atoms. The molecule has 1 saturated heterocycles. The van der Waals surface area contributed by atoms with Gasteiger partial charge in [-0.15, -0.1) is 0 Å². The average molecular weight is 184 g/mol. The van der Waals surface area contributed by atoms with Gasteiger partial charge in [-0.1, -0.05) is 0 Å². The lowest BCUT2D eigenvalue weighted by Crippen LogP contribution is -2.41. The minimum absolute atomic E-state index is 0.281. The van der Waals surface area contributed by atoms with Crippen molar-refractivity contribution in [2.75, 3.05) is 19.8 Å². The molecule has 1 aliphatic heterocycles. The first kappa shape index (κ1) is 8.21. The van der Waals surface area contributed by atoms with E-state index in [9.17, 15) is 5.11 Å². The summed E-state index contributed by atoms with van der Waals surface area (Å²) in [4.78, 5) is 0.